The second-order valence-electron chi connectivity index (χ2n) is 27.3. The van der Waals surface area contributed by atoms with Crippen LogP contribution in [0.5, 0.6) is 11.5 Å². The summed E-state index contributed by atoms with van der Waals surface area (Å²) in [6.07, 6.45) is -1.61. The minimum atomic E-state index is -0.839. The lowest BCUT2D eigenvalue weighted by Crippen LogP contribution is -2.32. The first-order valence-corrected chi connectivity index (χ1v) is 49.8. The fraction of sp³-hybridized carbons (Fsp3) is 0.218. The van der Waals surface area contributed by atoms with Crippen molar-refractivity contribution in [3.05, 3.63) is 215 Å². The van der Waals surface area contributed by atoms with Crippen molar-refractivity contribution in [2.75, 3.05) is 79.4 Å². The molecule has 134 heavy (non-hydrogen) atoms. The SMILES string of the molecule is CCOC(=O)NC(=O)c1c(C2CC2)csc1NC(=O)c1nc2ccccc2s1.CCOC(=O)NC(=O)c1c(NC(=O)c2nc3ccccc3s2)sc2c1CCOC2.CCOC(=O)NC(=O)c1ccsc1NC(=O)c1cc2sccc2s1.CCOC(=O)NC(=O)c1ccsc1NC(=O)c1ccc(-c2csc(C)n2)cc1.CCOC(=O)NC(=O)c1ccsc1NC(=O)c1scc2c1OCCO2. The van der Waals surface area contributed by atoms with Crippen LogP contribution < -0.4 is 62.6 Å². The number of imide groups is 5. The van der Waals surface area contributed by atoms with E-state index in [1.807, 2.05) is 95.9 Å². The molecule has 10 N–H and O–H groups in total. The van der Waals surface area contributed by atoms with E-state index in [4.69, 9.17) is 28.4 Å². The van der Waals surface area contributed by atoms with Crippen molar-refractivity contribution < 1.29 is 110 Å². The highest BCUT2D eigenvalue weighted by Gasteiger charge is 2.35. The number of benzene rings is 3. The van der Waals surface area contributed by atoms with Crippen LogP contribution in [0.4, 0.5) is 49.0 Å². The maximum Gasteiger partial charge on any atom is 0.414 e. The van der Waals surface area contributed by atoms with Crippen LogP contribution in [0.3, 0.4) is 0 Å². The molecular formula is C87H77N13O23S11. The number of para-hydroxylation sites is 2. The lowest BCUT2D eigenvalue weighted by molar-refractivity contribution is 0.0906. The molecule has 0 bridgehead atoms. The summed E-state index contributed by atoms with van der Waals surface area (Å²) in [7, 11) is 0. The molecule has 0 radical (unpaired) electrons. The highest BCUT2D eigenvalue weighted by atomic mass is 32.1. The van der Waals surface area contributed by atoms with Gasteiger partial charge in [-0.05, 0) is 171 Å². The summed E-state index contributed by atoms with van der Waals surface area (Å²) in [4.78, 5) is 197. The number of aryl methyl sites for hydroxylation is 1. The molecule has 1 fully saturated rings. The van der Waals surface area contributed by atoms with Crippen LogP contribution in [-0.2, 0) is 41.4 Å². The van der Waals surface area contributed by atoms with Gasteiger partial charge < -0.3 is 64.5 Å². The van der Waals surface area contributed by atoms with Crippen LogP contribution in [-0.4, -0.2) is 157 Å². The molecule has 0 unspecified atom stereocenters. The molecule has 2 aliphatic heterocycles. The van der Waals surface area contributed by atoms with E-state index in [-0.39, 0.29) is 78.9 Å². The molecule has 47 heteroatoms. The predicted octanol–water partition coefficient (Wildman–Crippen LogP) is 19.1. The van der Waals surface area contributed by atoms with E-state index in [0.717, 1.165) is 74.9 Å². The predicted molar refractivity (Wildman–Crippen MR) is 516 cm³/mol. The van der Waals surface area contributed by atoms with Gasteiger partial charge in [0.1, 0.15) is 43.1 Å². The van der Waals surface area contributed by atoms with E-state index in [9.17, 15) is 71.9 Å². The molecule has 1 aliphatic carbocycles. The van der Waals surface area contributed by atoms with Crippen LogP contribution in [0.25, 0.3) is 41.1 Å². The van der Waals surface area contributed by atoms with Gasteiger partial charge in [-0.2, -0.15) is 0 Å². The molecular weight excluding hydrogens is 1950 g/mol. The van der Waals surface area contributed by atoms with Crippen LogP contribution in [0, 0.1) is 6.92 Å². The molecule has 3 aliphatic rings. The van der Waals surface area contributed by atoms with Gasteiger partial charge in [-0.3, -0.25) is 74.5 Å². The van der Waals surface area contributed by atoms with Gasteiger partial charge in [0.15, 0.2) is 21.5 Å². The molecule has 0 atom stereocenters. The Labute approximate surface area is 804 Å². The number of carbonyl (C=O) groups excluding carboxylic acids is 15. The highest BCUT2D eigenvalue weighted by molar-refractivity contribution is 7.28. The van der Waals surface area contributed by atoms with Gasteiger partial charge in [0, 0.05) is 36.2 Å². The number of nitrogens with zero attached hydrogens (tertiary/aromatic N) is 3. The number of fused-ring (bicyclic) bond motifs is 5. The molecule has 17 rings (SSSR count). The molecule has 3 aromatic carbocycles. The summed E-state index contributed by atoms with van der Waals surface area (Å²) in [5, 5.41) is 40.3. The van der Waals surface area contributed by atoms with Crippen molar-refractivity contribution in [3.8, 4) is 22.8 Å². The number of thiazole rings is 3. The Morgan fingerprint density at radius 1 is 0.403 bits per heavy atom. The third-order valence-electron chi connectivity index (χ3n) is 18.3. The lowest BCUT2D eigenvalue weighted by atomic mass is 10.1. The van der Waals surface area contributed by atoms with Gasteiger partial charge in [0.05, 0.1) is 110 Å². The van der Waals surface area contributed by atoms with Gasteiger partial charge in [0.25, 0.3) is 59.1 Å². The molecule has 0 spiro atoms. The quantitative estimate of drug-likeness (QED) is 0.0282. The third-order valence-corrected chi connectivity index (χ3v) is 28.7. The van der Waals surface area contributed by atoms with Crippen molar-refractivity contribution in [2.45, 2.75) is 73.3 Å². The van der Waals surface area contributed by atoms with Crippen molar-refractivity contribution in [1.82, 2.24) is 41.5 Å². The third kappa shape index (κ3) is 25.5. The van der Waals surface area contributed by atoms with E-state index >= 15 is 0 Å². The molecule has 14 aromatic rings. The van der Waals surface area contributed by atoms with Gasteiger partial charge >= 0.3 is 30.5 Å². The normalized spacial score (nSPS) is 12.0. The fourth-order valence-electron chi connectivity index (χ4n) is 12.3. The number of hydrogen-bond acceptors (Lipinski definition) is 37. The van der Waals surface area contributed by atoms with Crippen molar-refractivity contribution in [2.24, 2.45) is 0 Å². The first-order valence-electron chi connectivity index (χ1n) is 40.4. The van der Waals surface area contributed by atoms with Gasteiger partial charge in [-0.1, -0.05) is 36.4 Å². The number of anilines is 5. The number of ether oxygens (including phenoxy) is 8. The molecule has 1 saturated carbocycles. The summed E-state index contributed by atoms with van der Waals surface area (Å²) in [6, 6.07) is 30.4. The summed E-state index contributed by atoms with van der Waals surface area (Å²) < 4.78 is 43.9. The standard InChI is InChI=1S/C19H17N3O5S2.2C19H17N3O4S2.C15H14N2O6S2.C15H12N2O4S3/c1-2-27-19(25)22-15(23)14-10-7-8-26-9-13(10)29-17(14)21-16(24)18-20-11-5-3-4-6-12(11)28-18;1-2-26-19(25)22-15(23)14-11(10-7-8-10)9-27-17(14)21-16(24)18-20-12-5-3-4-6-13(12)28-18;1-3-26-19(25)22-17(24)14-8-9-27-18(14)21-16(23)13-6-4-12(5-7-13)15-10-28-11(2)20-15;1-2-21-15(20)17-12(18)8-3-6-24-14(8)16-13(19)11-10-9(7-25-11)22-4-5-23-10;1-2-21-15(20)17-12(18)8-3-5-23-14(8)16-13(19)11-7-10-9(24-11)4-6-22-10/h3-6H,2,7-9H2,1H3,(H,21,24)(H,22,23,25);3-6,9-10H,2,7-8H2,1H3,(H,21,24)(H,22,23,25);4-10H,3H2,1-2H3,(H,21,23)(H,22,24,25);3,6-7H,2,4-5H2,1H3,(H,16,19)(H,17,18,20);3-7H,2H2,1H3,(H,16,19)(H,17,18,20). The molecule has 15 amide bonds. The number of amides is 15. The van der Waals surface area contributed by atoms with E-state index in [1.54, 1.807) is 97.0 Å². The van der Waals surface area contributed by atoms with E-state index in [0.29, 0.717) is 100 Å². The van der Waals surface area contributed by atoms with Crippen LogP contribution >= 0.6 is 125 Å². The Morgan fingerprint density at radius 2 is 0.881 bits per heavy atom. The Bertz CT molecular complexity index is 6640. The smallest absolute Gasteiger partial charge is 0.414 e. The number of alkyl carbamates (subject to hydrolysis) is 5. The molecule has 0 saturated heterocycles. The van der Waals surface area contributed by atoms with Crippen molar-refractivity contribution >= 4 is 269 Å². The summed E-state index contributed by atoms with van der Waals surface area (Å²) in [5.74, 6) is -3.68. The number of hydrogen-bond donors (Lipinski definition) is 10. The van der Waals surface area contributed by atoms with E-state index in [1.165, 1.54) is 114 Å². The maximum absolute atomic E-state index is 12.8. The average molecular weight is 2030 g/mol. The van der Waals surface area contributed by atoms with E-state index in [2.05, 4.69) is 77.6 Å². The molecule has 13 heterocycles. The molecule has 36 nitrogen and oxygen atoms in total. The highest BCUT2D eigenvalue weighted by Crippen LogP contribution is 2.47. The van der Waals surface area contributed by atoms with Gasteiger partial charge in [0.2, 0.25) is 0 Å². The number of carbonyl (C=O) groups is 15. The zero-order valence-corrected chi connectivity index (χ0v) is 80.1. The van der Waals surface area contributed by atoms with Gasteiger partial charge in [-0.25, -0.2) is 38.9 Å². The Hall–Kier alpha value is -13.5. The van der Waals surface area contributed by atoms with E-state index < -0.39 is 71.8 Å². The zero-order valence-electron chi connectivity index (χ0n) is 71.1. The second-order valence-corrected chi connectivity index (χ2v) is 38.1. The fourth-order valence-corrected chi connectivity index (χ4v) is 22.0. The Morgan fingerprint density at radius 3 is 1.38 bits per heavy atom. The van der Waals surface area contributed by atoms with Crippen molar-refractivity contribution in [3.63, 3.8) is 0 Å². The average Bonchev–Trinajstić information content (AvgIpc) is 1.63. The van der Waals surface area contributed by atoms with Crippen LogP contribution in [0.1, 0.15) is 175 Å². The molecule has 11 aromatic heterocycles. The topological polar surface area (TPSA) is 489 Å². The number of rotatable bonds is 22. The second kappa shape index (κ2) is 46.8. The minimum Gasteiger partial charge on any atom is -0.485 e. The van der Waals surface area contributed by atoms with Crippen LogP contribution in [0.2, 0.25) is 0 Å². The van der Waals surface area contributed by atoms with Crippen LogP contribution in [0.15, 0.2) is 141 Å². The number of nitrogens with one attached hydrogen (secondary N) is 10. The Kier molecular flexibility index (Phi) is 34.2. The Balaban J connectivity index is 0.000000142. The largest absolute Gasteiger partial charge is 0.485 e. The lowest BCUT2D eigenvalue weighted by Gasteiger charge is -2.15. The zero-order chi connectivity index (χ0) is 95.1. The first-order chi connectivity index (χ1) is 64.8. The first kappa shape index (κ1) is 98.1. The number of thiophene rings is 8. The summed E-state index contributed by atoms with van der Waals surface area (Å²) in [5.41, 5.74) is 6.55. The summed E-state index contributed by atoms with van der Waals surface area (Å²) in [6.45, 7) is 12.6. The summed E-state index contributed by atoms with van der Waals surface area (Å²) >= 11 is 14.4. The molecule has 694 valence electrons. The van der Waals surface area contributed by atoms with Crippen molar-refractivity contribution in [1.29, 1.82) is 0 Å². The maximum atomic E-state index is 12.8. The monoisotopic (exact) mass is 2020 g/mol. The van der Waals surface area contributed by atoms with Gasteiger partial charge in [-0.15, -0.1) is 125 Å². The minimum absolute atomic E-state index is 0.149. The number of aromatic nitrogens is 3.